The zero-order chi connectivity index (χ0) is 29.7. The van der Waals surface area contributed by atoms with E-state index in [-0.39, 0.29) is 40.2 Å². The van der Waals surface area contributed by atoms with E-state index in [0.717, 1.165) is 4.90 Å². The van der Waals surface area contributed by atoms with Gasteiger partial charge in [-0.05, 0) is 98.6 Å². The molecule has 1 aliphatic rings. The summed E-state index contributed by atoms with van der Waals surface area (Å²) >= 11 is 13.6. The Bertz CT molecular complexity index is 1560. The van der Waals surface area contributed by atoms with E-state index in [1.165, 1.54) is 30.3 Å². The molecule has 0 atom stereocenters. The number of nitrogens with zero attached hydrogens (tertiary/aromatic N) is 1. The Labute approximate surface area is 260 Å². The van der Waals surface area contributed by atoms with E-state index >= 15 is 0 Å². The molecule has 8 nitrogen and oxygen atoms in total. The van der Waals surface area contributed by atoms with Gasteiger partial charge in [0.05, 0.1) is 31.0 Å². The summed E-state index contributed by atoms with van der Waals surface area (Å²) in [4.78, 5) is 51.2. The summed E-state index contributed by atoms with van der Waals surface area (Å²) in [5, 5.41) is 2.10. The summed E-state index contributed by atoms with van der Waals surface area (Å²) in [6.45, 7) is 1.28. The van der Waals surface area contributed by atoms with Gasteiger partial charge in [-0.25, -0.2) is 9.18 Å². The molecule has 0 radical (unpaired) electrons. The van der Waals surface area contributed by atoms with E-state index in [1.54, 1.807) is 37.3 Å². The summed E-state index contributed by atoms with van der Waals surface area (Å²) in [6.07, 6.45) is 1.52. The van der Waals surface area contributed by atoms with E-state index in [2.05, 4.69) is 37.2 Å². The normalized spacial score (nSPS) is 14.0. The minimum absolute atomic E-state index is 0.00430. The second-order valence-corrected chi connectivity index (χ2v) is 11.5. The summed E-state index contributed by atoms with van der Waals surface area (Å²) in [7, 11) is 0. The molecule has 1 saturated heterocycles. The Hall–Kier alpha value is -3.19. The summed E-state index contributed by atoms with van der Waals surface area (Å²) in [6, 6.07) is 13.9. The maximum absolute atomic E-state index is 13.9. The smallest absolute Gasteiger partial charge is 0.339 e. The average molecular weight is 727 g/mol. The first-order valence-electron chi connectivity index (χ1n) is 11.9. The molecule has 1 fully saturated rings. The maximum atomic E-state index is 13.9. The highest BCUT2D eigenvalue weighted by Gasteiger charge is 2.36. The van der Waals surface area contributed by atoms with E-state index < -0.39 is 29.6 Å². The number of amides is 3. The molecule has 0 unspecified atom stereocenters. The number of benzene rings is 3. The van der Waals surface area contributed by atoms with Crippen LogP contribution < -0.4 is 10.1 Å². The number of anilines is 1. The van der Waals surface area contributed by atoms with Gasteiger partial charge in [-0.2, -0.15) is 0 Å². The van der Waals surface area contributed by atoms with Crippen LogP contribution in [0.3, 0.4) is 0 Å². The fourth-order valence-electron chi connectivity index (χ4n) is 3.67. The number of esters is 1. The summed E-state index contributed by atoms with van der Waals surface area (Å²) in [5.74, 6) is -1.87. The minimum atomic E-state index is -0.646. The fraction of sp³-hybridized carbons (Fsp3) is 0.143. The van der Waals surface area contributed by atoms with Crippen molar-refractivity contribution in [3.05, 3.63) is 96.0 Å². The Morgan fingerprint density at radius 1 is 1.10 bits per heavy atom. The predicted molar refractivity (Wildman–Crippen MR) is 161 cm³/mol. The van der Waals surface area contributed by atoms with E-state index in [0.29, 0.717) is 37.6 Å². The van der Waals surface area contributed by atoms with Crippen LogP contribution >= 0.6 is 55.2 Å². The monoisotopic (exact) mass is 724 g/mol. The largest absolute Gasteiger partial charge is 0.486 e. The van der Waals surface area contributed by atoms with Crippen LogP contribution in [0.15, 0.2) is 68.4 Å². The molecule has 0 bridgehead atoms. The lowest BCUT2D eigenvalue weighted by atomic mass is 10.2. The Morgan fingerprint density at radius 2 is 1.80 bits per heavy atom. The topological polar surface area (TPSA) is 102 Å². The molecule has 3 aromatic rings. The zero-order valence-corrected chi connectivity index (χ0v) is 26.0. The molecule has 3 amide bonds. The second-order valence-electron chi connectivity index (χ2n) is 8.42. The highest BCUT2D eigenvalue weighted by Crippen LogP contribution is 2.38. The average Bonchev–Trinajstić information content (AvgIpc) is 3.17. The van der Waals surface area contributed by atoms with E-state index in [1.807, 2.05) is 0 Å². The lowest BCUT2D eigenvalue weighted by Crippen LogP contribution is -2.36. The lowest BCUT2D eigenvalue weighted by Gasteiger charge is -2.13. The third kappa shape index (κ3) is 7.56. The molecule has 3 aromatic carbocycles. The predicted octanol–water partition coefficient (Wildman–Crippen LogP) is 7.43. The lowest BCUT2D eigenvalue weighted by molar-refractivity contribution is -0.127. The number of carbonyl (C=O) groups excluding carboxylic acids is 4. The number of halogens is 4. The van der Waals surface area contributed by atoms with Gasteiger partial charge in [-0.3, -0.25) is 19.3 Å². The molecule has 1 heterocycles. The number of carbonyl (C=O) groups is 4. The quantitative estimate of drug-likeness (QED) is 0.181. The van der Waals surface area contributed by atoms with Crippen LogP contribution in [0.4, 0.5) is 14.9 Å². The van der Waals surface area contributed by atoms with Crippen LogP contribution in [0.1, 0.15) is 28.4 Å². The first kappa shape index (κ1) is 30.8. The van der Waals surface area contributed by atoms with Crippen LogP contribution in [0.5, 0.6) is 5.75 Å². The number of hydrogen-bond acceptors (Lipinski definition) is 7. The molecular formula is C28H20Br2ClFN2O6S. The first-order valence-corrected chi connectivity index (χ1v) is 14.7. The Kier molecular flexibility index (Phi) is 10.2. The van der Waals surface area contributed by atoms with Crippen molar-refractivity contribution in [3.63, 3.8) is 0 Å². The highest BCUT2D eigenvalue weighted by molar-refractivity contribution is 9.11. The molecule has 0 aliphatic carbocycles. The van der Waals surface area contributed by atoms with Gasteiger partial charge in [0.15, 0.2) is 0 Å². The highest BCUT2D eigenvalue weighted by atomic mass is 79.9. The standard InChI is InChI=1S/C28H20Br2ClFN2O6S/c1-2-39-27(37)18-12-17(7-8-21(18)31)33-24(35)13-34-26(36)23(41-28(34)38)11-15-9-19(29)25(20(30)10-15)40-14-16-5-3-4-6-22(16)32/h3-12H,2,13-14H2,1H3,(H,33,35)/b23-11+. The molecule has 1 aliphatic heterocycles. The Morgan fingerprint density at radius 3 is 2.49 bits per heavy atom. The molecular weight excluding hydrogens is 707 g/mol. The third-order valence-corrected chi connectivity index (χ3v) is 7.98. The van der Waals surface area contributed by atoms with Gasteiger partial charge in [0.25, 0.3) is 11.1 Å². The number of nitrogens with one attached hydrogen (secondary N) is 1. The Balaban J connectivity index is 1.43. The third-order valence-electron chi connectivity index (χ3n) is 5.57. The van der Waals surface area contributed by atoms with Gasteiger partial charge in [0.2, 0.25) is 5.91 Å². The molecule has 4 rings (SSSR count). The van der Waals surface area contributed by atoms with Gasteiger partial charge in [0, 0.05) is 11.3 Å². The molecule has 1 N–H and O–H groups in total. The van der Waals surface area contributed by atoms with Crippen LogP contribution in [0.2, 0.25) is 5.02 Å². The zero-order valence-electron chi connectivity index (χ0n) is 21.2. The second kappa shape index (κ2) is 13.6. The van der Waals surface area contributed by atoms with E-state index in [9.17, 15) is 23.6 Å². The molecule has 212 valence electrons. The van der Waals surface area contributed by atoms with Gasteiger partial charge in [-0.15, -0.1) is 0 Å². The molecule has 0 saturated carbocycles. The SMILES string of the molecule is CCOC(=O)c1cc(NC(=O)CN2C(=O)S/C(=C/c3cc(Br)c(OCc4ccccc4F)c(Br)c3)C2=O)ccc1Cl. The maximum Gasteiger partial charge on any atom is 0.339 e. The van der Waals surface area contributed by atoms with Crippen molar-refractivity contribution in [2.75, 3.05) is 18.5 Å². The van der Waals surface area contributed by atoms with Crippen LogP contribution in [-0.2, 0) is 20.9 Å². The van der Waals surface area contributed by atoms with Crippen molar-refractivity contribution in [3.8, 4) is 5.75 Å². The minimum Gasteiger partial charge on any atom is -0.486 e. The number of ether oxygens (including phenoxy) is 2. The fourth-order valence-corrected chi connectivity index (χ4v) is 6.15. The molecule has 0 spiro atoms. The van der Waals surface area contributed by atoms with Gasteiger partial charge >= 0.3 is 5.97 Å². The molecule has 13 heteroatoms. The van der Waals surface area contributed by atoms with Gasteiger partial charge in [-0.1, -0.05) is 29.8 Å². The van der Waals surface area contributed by atoms with Crippen LogP contribution in [0, 0.1) is 5.82 Å². The van der Waals surface area contributed by atoms with Crippen molar-refractivity contribution in [1.29, 1.82) is 0 Å². The van der Waals surface area contributed by atoms with Crippen molar-refractivity contribution in [2.45, 2.75) is 13.5 Å². The van der Waals surface area contributed by atoms with Crippen molar-refractivity contribution in [1.82, 2.24) is 4.90 Å². The number of hydrogen-bond donors (Lipinski definition) is 1. The summed E-state index contributed by atoms with van der Waals surface area (Å²) in [5.41, 5.74) is 1.28. The number of imide groups is 1. The van der Waals surface area contributed by atoms with Gasteiger partial charge < -0.3 is 14.8 Å². The van der Waals surface area contributed by atoms with Gasteiger partial charge in [0.1, 0.15) is 24.7 Å². The van der Waals surface area contributed by atoms with E-state index in [4.69, 9.17) is 21.1 Å². The van der Waals surface area contributed by atoms with Crippen molar-refractivity contribution < 1.29 is 33.0 Å². The summed E-state index contributed by atoms with van der Waals surface area (Å²) < 4.78 is 25.7. The molecule has 41 heavy (non-hydrogen) atoms. The van der Waals surface area contributed by atoms with Crippen molar-refractivity contribution >= 4 is 90.0 Å². The van der Waals surface area contributed by atoms with Crippen LogP contribution in [0.25, 0.3) is 6.08 Å². The van der Waals surface area contributed by atoms with Crippen LogP contribution in [-0.4, -0.2) is 41.1 Å². The number of thioether (sulfide) groups is 1. The number of rotatable bonds is 9. The first-order chi connectivity index (χ1) is 19.6. The molecule has 0 aromatic heterocycles. The van der Waals surface area contributed by atoms with Crippen molar-refractivity contribution in [2.24, 2.45) is 0 Å².